The van der Waals surface area contributed by atoms with Gasteiger partial charge in [0.2, 0.25) is 0 Å². The quantitative estimate of drug-likeness (QED) is 0.589. The Morgan fingerprint density at radius 3 is 2.04 bits per heavy atom. The van der Waals surface area contributed by atoms with E-state index in [1.54, 1.807) is 16.9 Å². The van der Waals surface area contributed by atoms with Crippen LogP contribution in [0.4, 0.5) is 0 Å². The highest BCUT2D eigenvalue weighted by molar-refractivity contribution is 5.59. The normalized spacial score (nSPS) is 8.50. The second-order valence-corrected chi connectivity index (χ2v) is 3.86. The lowest BCUT2D eigenvalue weighted by Gasteiger charge is -2.01. The first-order chi connectivity index (χ1) is 11.3. The average Bonchev–Trinajstić information content (AvgIpc) is 2.96. The summed E-state index contributed by atoms with van der Waals surface area (Å²) in [6.07, 6.45) is 3.48. The second kappa shape index (κ2) is 13.2. The van der Waals surface area contributed by atoms with Gasteiger partial charge in [0.1, 0.15) is 5.69 Å². The van der Waals surface area contributed by atoms with Crippen molar-refractivity contribution >= 4 is 5.65 Å². The number of aryl methyl sites for hydroxylation is 2. The van der Waals surface area contributed by atoms with Crippen LogP contribution in [0.25, 0.3) is 17.2 Å². The van der Waals surface area contributed by atoms with Gasteiger partial charge in [-0.3, -0.25) is 0 Å². The van der Waals surface area contributed by atoms with Crippen molar-refractivity contribution in [1.29, 1.82) is 0 Å². The van der Waals surface area contributed by atoms with E-state index in [0.717, 1.165) is 22.7 Å². The van der Waals surface area contributed by atoms with Gasteiger partial charge in [0.15, 0.2) is 11.5 Å². The molecule has 0 aliphatic rings. The van der Waals surface area contributed by atoms with Gasteiger partial charge < -0.3 is 0 Å². The SMILES string of the molecule is C.CC.CC.CC.Cc1ccnc(-c2c(C)nc3cccnn23)n1. The zero-order chi connectivity index (χ0) is 17.8. The van der Waals surface area contributed by atoms with Crippen LogP contribution in [0.1, 0.15) is 60.4 Å². The van der Waals surface area contributed by atoms with Crippen molar-refractivity contribution in [3.05, 3.63) is 42.0 Å². The van der Waals surface area contributed by atoms with Gasteiger partial charge in [0.25, 0.3) is 0 Å². The first-order valence-electron chi connectivity index (χ1n) is 8.36. The van der Waals surface area contributed by atoms with Crippen molar-refractivity contribution in [3.63, 3.8) is 0 Å². The number of aromatic nitrogens is 5. The maximum Gasteiger partial charge on any atom is 0.180 e. The van der Waals surface area contributed by atoms with Gasteiger partial charge in [0, 0.05) is 18.1 Å². The van der Waals surface area contributed by atoms with Gasteiger partial charge in [-0.15, -0.1) is 0 Å². The molecule has 24 heavy (non-hydrogen) atoms. The summed E-state index contributed by atoms with van der Waals surface area (Å²) < 4.78 is 1.77. The fourth-order valence-corrected chi connectivity index (χ4v) is 1.82. The molecule has 0 amide bonds. The minimum absolute atomic E-state index is 0. The molecule has 0 N–H and O–H groups in total. The van der Waals surface area contributed by atoms with E-state index in [1.165, 1.54) is 0 Å². The Morgan fingerprint density at radius 2 is 1.46 bits per heavy atom. The molecule has 0 aliphatic heterocycles. The molecule has 3 heterocycles. The number of imidazole rings is 1. The molecule has 0 aliphatic carbocycles. The van der Waals surface area contributed by atoms with Crippen LogP contribution < -0.4 is 0 Å². The van der Waals surface area contributed by atoms with Crippen LogP contribution in [0.5, 0.6) is 0 Å². The first kappa shape index (κ1) is 24.0. The van der Waals surface area contributed by atoms with Crippen LogP contribution in [0.15, 0.2) is 30.6 Å². The molecule has 0 spiro atoms. The molecule has 0 bridgehead atoms. The Balaban J connectivity index is 0. The summed E-state index contributed by atoms with van der Waals surface area (Å²) in [4.78, 5) is 13.1. The number of fused-ring (bicyclic) bond motifs is 1. The molecular formula is C19H33N5. The molecule has 0 unspecified atom stereocenters. The summed E-state index contributed by atoms with van der Waals surface area (Å²) in [5.74, 6) is 0.661. The van der Waals surface area contributed by atoms with Crippen molar-refractivity contribution < 1.29 is 0 Å². The highest BCUT2D eigenvalue weighted by atomic mass is 15.3. The Bertz CT molecular complexity index is 689. The minimum Gasteiger partial charge on any atom is -0.235 e. The van der Waals surface area contributed by atoms with Gasteiger partial charge in [-0.2, -0.15) is 5.10 Å². The molecule has 134 valence electrons. The average molecular weight is 332 g/mol. The number of rotatable bonds is 1. The molecule has 5 heteroatoms. The molecule has 5 nitrogen and oxygen atoms in total. The number of hydrogen-bond donors (Lipinski definition) is 0. The zero-order valence-electron chi connectivity index (χ0n) is 15.6. The molecule has 0 radical (unpaired) electrons. The van der Waals surface area contributed by atoms with E-state index in [1.807, 2.05) is 73.6 Å². The molecule has 0 saturated heterocycles. The Hall–Kier alpha value is -2.30. The maximum absolute atomic E-state index is 4.44. The third-order valence-electron chi connectivity index (χ3n) is 2.57. The zero-order valence-corrected chi connectivity index (χ0v) is 15.6. The maximum atomic E-state index is 4.44. The van der Waals surface area contributed by atoms with Crippen molar-refractivity contribution in [1.82, 2.24) is 24.6 Å². The fourth-order valence-electron chi connectivity index (χ4n) is 1.82. The molecule has 3 aromatic rings. The van der Waals surface area contributed by atoms with E-state index in [0.29, 0.717) is 5.82 Å². The van der Waals surface area contributed by atoms with Gasteiger partial charge in [-0.25, -0.2) is 19.5 Å². The lowest BCUT2D eigenvalue weighted by molar-refractivity contribution is 0.925. The fraction of sp³-hybridized carbons (Fsp3) is 0.474. The van der Waals surface area contributed by atoms with Gasteiger partial charge in [-0.1, -0.05) is 49.0 Å². The summed E-state index contributed by atoms with van der Waals surface area (Å²) in [7, 11) is 0. The van der Waals surface area contributed by atoms with E-state index in [2.05, 4.69) is 20.1 Å². The summed E-state index contributed by atoms with van der Waals surface area (Å²) >= 11 is 0. The number of hydrogen-bond acceptors (Lipinski definition) is 4. The molecule has 0 fully saturated rings. The molecular weight excluding hydrogens is 298 g/mol. The lowest BCUT2D eigenvalue weighted by atomic mass is 10.3. The van der Waals surface area contributed by atoms with Crippen molar-refractivity contribution in [2.75, 3.05) is 0 Å². The van der Waals surface area contributed by atoms with Crippen LogP contribution in [-0.2, 0) is 0 Å². The van der Waals surface area contributed by atoms with E-state index in [-0.39, 0.29) is 7.43 Å². The van der Waals surface area contributed by atoms with E-state index < -0.39 is 0 Å². The smallest absolute Gasteiger partial charge is 0.180 e. The molecule has 0 atom stereocenters. The standard InChI is InChI=1S/C12H11N5.3C2H6.CH4/c1-8-5-7-13-12(15-8)11-9(2)16-10-4-3-6-14-17(10)11;3*1-2;/h3-7H,1-2H3;3*1-2H3;1H4. The van der Waals surface area contributed by atoms with Crippen molar-refractivity contribution in [3.8, 4) is 11.5 Å². The van der Waals surface area contributed by atoms with Crippen molar-refractivity contribution in [2.45, 2.75) is 62.8 Å². The second-order valence-electron chi connectivity index (χ2n) is 3.86. The van der Waals surface area contributed by atoms with Gasteiger partial charge >= 0.3 is 0 Å². The summed E-state index contributed by atoms with van der Waals surface area (Å²) in [5, 5.41) is 4.28. The van der Waals surface area contributed by atoms with Crippen LogP contribution in [0.2, 0.25) is 0 Å². The monoisotopic (exact) mass is 331 g/mol. The van der Waals surface area contributed by atoms with E-state index in [9.17, 15) is 0 Å². The summed E-state index contributed by atoms with van der Waals surface area (Å²) in [6, 6.07) is 5.65. The van der Waals surface area contributed by atoms with Gasteiger partial charge in [0.05, 0.1) is 5.69 Å². The molecule has 0 aromatic carbocycles. The molecule has 0 saturated carbocycles. The third-order valence-corrected chi connectivity index (χ3v) is 2.57. The van der Waals surface area contributed by atoms with Crippen LogP contribution >= 0.6 is 0 Å². The minimum atomic E-state index is 0. The van der Waals surface area contributed by atoms with Crippen LogP contribution in [0.3, 0.4) is 0 Å². The predicted octanol–water partition coefficient (Wildman–Crippen LogP) is 5.52. The molecule has 3 aromatic heterocycles. The topological polar surface area (TPSA) is 56.0 Å². The summed E-state index contributed by atoms with van der Waals surface area (Å²) in [5.41, 5.74) is 3.48. The van der Waals surface area contributed by atoms with E-state index >= 15 is 0 Å². The highest BCUT2D eigenvalue weighted by Gasteiger charge is 2.13. The van der Waals surface area contributed by atoms with Gasteiger partial charge in [-0.05, 0) is 32.0 Å². The van der Waals surface area contributed by atoms with Crippen LogP contribution in [-0.4, -0.2) is 24.6 Å². The number of nitrogens with zero attached hydrogens (tertiary/aromatic N) is 5. The Morgan fingerprint density at radius 1 is 0.833 bits per heavy atom. The molecule has 3 rings (SSSR count). The van der Waals surface area contributed by atoms with Crippen LogP contribution in [0, 0.1) is 13.8 Å². The lowest BCUT2D eigenvalue weighted by Crippen LogP contribution is -1.98. The largest absolute Gasteiger partial charge is 0.235 e. The van der Waals surface area contributed by atoms with E-state index in [4.69, 9.17) is 0 Å². The predicted molar refractivity (Wildman–Crippen MR) is 104 cm³/mol. The first-order valence-corrected chi connectivity index (χ1v) is 8.36. The highest BCUT2D eigenvalue weighted by Crippen LogP contribution is 2.20. The van der Waals surface area contributed by atoms with Crippen molar-refractivity contribution in [2.24, 2.45) is 0 Å². The summed E-state index contributed by atoms with van der Waals surface area (Å²) in [6.45, 7) is 15.9. The Labute approximate surface area is 147 Å². The third kappa shape index (κ3) is 5.72. The Kier molecular flexibility index (Phi) is 13.1.